The molecular formula is C11H11FN2O3S2. The number of thiazole rings is 1. The highest BCUT2D eigenvalue weighted by Crippen LogP contribution is 2.27. The van der Waals surface area contributed by atoms with Crippen molar-refractivity contribution in [3.8, 4) is 0 Å². The normalized spacial score (nSPS) is 11.7. The molecule has 1 N–H and O–H groups in total. The van der Waals surface area contributed by atoms with Gasteiger partial charge in [-0.3, -0.25) is 4.79 Å². The molecule has 1 amide bonds. The van der Waals surface area contributed by atoms with Crippen LogP contribution < -0.4 is 5.32 Å². The minimum absolute atomic E-state index is 0.142. The van der Waals surface area contributed by atoms with E-state index in [1.807, 2.05) is 0 Å². The largest absolute Gasteiger partial charge is 0.302 e. The summed E-state index contributed by atoms with van der Waals surface area (Å²) in [5, 5.41) is 2.73. The van der Waals surface area contributed by atoms with Gasteiger partial charge in [-0.1, -0.05) is 17.4 Å². The molecule has 0 aliphatic carbocycles. The van der Waals surface area contributed by atoms with E-state index >= 15 is 0 Å². The molecule has 2 rings (SSSR count). The molecule has 0 saturated carbocycles. The molecule has 0 saturated heterocycles. The second-order valence-electron chi connectivity index (χ2n) is 4.03. The number of halogens is 1. The van der Waals surface area contributed by atoms with E-state index < -0.39 is 21.6 Å². The molecule has 0 unspecified atom stereocenters. The number of fused-ring (bicyclic) bond motifs is 1. The molecule has 0 aliphatic heterocycles. The van der Waals surface area contributed by atoms with Crippen molar-refractivity contribution in [2.75, 3.05) is 17.3 Å². The molecule has 0 atom stereocenters. The lowest BCUT2D eigenvalue weighted by Crippen LogP contribution is -2.16. The van der Waals surface area contributed by atoms with Crippen LogP contribution in [0.3, 0.4) is 0 Å². The van der Waals surface area contributed by atoms with Gasteiger partial charge in [-0.05, 0) is 12.1 Å². The monoisotopic (exact) mass is 302 g/mol. The maximum absolute atomic E-state index is 13.4. The molecule has 0 bridgehead atoms. The number of carbonyl (C=O) groups is 1. The summed E-state index contributed by atoms with van der Waals surface area (Å²) >= 11 is 1.14. The number of nitrogens with zero attached hydrogens (tertiary/aromatic N) is 1. The van der Waals surface area contributed by atoms with Crippen LogP contribution in [-0.2, 0) is 14.6 Å². The number of carbonyl (C=O) groups excluding carboxylic acids is 1. The van der Waals surface area contributed by atoms with Gasteiger partial charge in [0.25, 0.3) is 0 Å². The Kier molecular flexibility index (Phi) is 3.81. The Morgan fingerprint density at radius 3 is 2.84 bits per heavy atom. The van der Waals surface area contributed by atoms with E-state index in [1.165, 1.54) is 6.07 Å². The van der Waals surface area contributed by atoms with Gasteiger partial charge in [-0.25, -0.2) is 17.8 Å². The average molecular weight is 302 g/mol. The first-order valence-electron chi connectivity index (χ1n) is 5.38. The number of benzene rings is 1. The number of sulfone groups is 1. The van der Waals surface area contributed by atoms with Gasteiger partial charge in [-0.2, -0.15) is 0 Å². The summed E-state index contributed by atoms with van der Waals surface area (Å²) in [6.07, 6.45) is 0.921. The predicted octanol–water partition coefficient (Wildman–Crippen LogP) is 1.81. The molecule has 0 radical (unpaired) electrons. The Bertz CT molecular complexity index is 725. The SMILES string of the molecule is CS(=O)(=O)CCC(=O)Nc1nc2c(F)cccc2s1. The van der Waals surface area contributed by atoms with E-state index in [1.54, 1.807) is 12.1 Å². The van der Waals surface area contributed by atoms with E-state index in [-0.39, 0.29) is 22.8 Å². The molecular weight excluding hydrogens is 291 g/mol. The molecule has 1 aromatic carbocycles. The third-order valence-corrected chi connectivity index (χ3v) is 4.20. The highest BCUT2D eigenvalue weighted by atomic mass is 32.2. The Hall–Kier alpha value is -1.54. The van der Waals surface area contributed by atoms with Crippen LogP contribution in [0.15, 0.2) is 18.2 Å². The third-order valence-electron chi connectivity index (χ3n) is 2.32. The van der Waals surface area contributed by atoms with Crippen molar-refractivity contribution < 1.29 is 17.6 Å². The van der Waals surface area contributed by atoms with Gasteiger partial charge in [0, 0.05) is 12.7 Å². The summed E-state index contributed by atoms with van der Waals surface area (Å²) in [5.74, 6) is -1.13. The molecule has 8 heteroatoms. The molecule has 5 nitrogen and oxygen atoms in total. The number of nitrogens with one attached hydrogen (secondary N) is 1. The first kappa shape index (κ1) is 13.9. The van der Waals surface area contributed by atoms with Crippen LogP contribution in [0.4, 0.5) is 9.52 Å². The van der Waals surface area contributed by atoms with E-state index in [9.17, 15) is 17.6 Å². The summed E-state index contributed by atoms with van der Waals surface area (Å²) in [6.45, 7) is 0. The summed E-state index contributed by atoms with van der Waals surface area (Å²) in [6, 6.07) is 4.55. The van der Waals surface area contributed by atoms with Crippen molar-refractivity contribution >= 4 is 42.4 Å². The van der Waals surface area contributed by atoms with E-state index in [0.717, 1.165) is 17.6 Å². The van der Waals surface area contributed by atoms with Crippen LogP contribution in [0.2, 0.25) is 0 Å². The molecule has 0 aliphatic rings. The summed E-state index contributed by atoms with van der Waals surface area (Å²) < 4.78 is 35.9. The number of aromatic nitrogens is 1. The molecule has 19 heavy (non-hydrogen) atoms. The maximum atomic E-state index is 13.4. The van der Waals surface area contributed by atoms with Crippen LogP contribution in [0.25, 0.3) is 10.2 Å². The quantitative estimate of drug-likeness (QED) is 0.934. The second-order valence-corrected chi connectivity index (χ2v) is 7.32. The average Bonchev–Trinajstić information content (AvgIpc) is 2.69. The van der Waals surface area contributed by atoms with Crippen molar-refractivity contribution in [1.82, 2.24) is 4.98 Å². The van der Waals surface area contributed by atoms with Crippen LogP contribution >= 0.6 is 11.3 Å². The predicted molar refractivity (Wildman–Crippen MR) is 72.5 cm³/mol. The number of amides is 1. The minimum atomic E-state index is -3.18. The molecule has 1 aromatic heterocycles. The smallest absolute Gasteiger partial charge is 0.227 e. The van der Waals surface area contributed by atoms with Gasteiger partial charge in [-0.15, -0.1) is 0 Å². The number of para-hydroxylation sites is 1. The van der Waals surface area contributed by atoms with Crippen LogP contribution in [0.5, 0.6) is 0 Å². The van der Waals surface area contributed by atoms with Crippen molar-refractivity contribution in [3.63, 3.8) is 0 Å². The molecule has 1 heterocycles. The van der Waals surface area contributed by atoms with Gasteiger partial charge in [0.15, 0.2) is 5.13 Å². The summed E-state index contributed by atoms with van der Waals surface area (Å²) in [7, 11) is -3.18. The third kappa shape index (κ3) is 3.71. The van der Waals surface area contributed by atoms with Crippen molar-refractivity contribution in [2.45, 2.75) is 6.42 Å². The Balaban J connectivity index is 2.09. The Morgan fingerprint density at radius 1 is 1.47 bits per heavy atom. The van der Waals surface area contributed by atoms with Crippen molar-refractivity contribution in [2.24, 2.45) is 0 Å². The topological polar surface area (TPSA) is 76.1 Å². The molecule has 102 valence electrons. The zero-order chi connectivity index (χ0) is 14.0. The van der Waals surface area contributed by atoms with E-state index in [2.05, 4.69) is 10.3 Å². The van der Waals surface area contributed by atoms with Gasteiger partial charge >= 0.3 is 0 Å². The fourth-order valence-electron chi connectivity index (χ4n) is 1.43. The van der Waals surface area contributed by atoms with Gasteiger partial charge in [0.1, 0.15) is 21.2 Å². The lowest BCUT2D eigenvalue weighted by molar-refractivity contribution is -0.115. The van der Waals surface area contributed by atoms with Gasteiger partial charge in [0.2, 0.25) is 5.91 Å². The van der Waals surface area contributed by atoms with Crippen LogP contribution in [-0.4, -0.2) is 31.3 Å². The number of hydrogen-bond donors (Lipinski definition) is 1. The van der Waals surface area contributed by atoms with Crippen LogP contribution in [0, 0.1) is 5.82 Å². The first-order valence-corrected chi connectivity index (χ1v) is 8.25. The zero-order valence-electron chi connectivity index (χ0n) is 10.0. The molecule has 0 spiro atoms. The Labute approximate surface area is 113 Å². The highest BCUT2D eigenvalue weighted by molar-refractivity contribution is 7.90. The van der Waals surface area contributed by atoms with Crippen LogP contribution in [0.1, 0.15) is 6.42 Å². The van der Waals surface area contributed by atoms with Gasteiger partial charge in [0.05, 0.1) is 10.5 Å². The molecule has 2 aromatic rings. The molecule has 0 fully saturated rings. The van der Waals surface area contributed by atoms with Crippen molar-refractivity contribution in [1.29, 1.82) is 0 Å². The van der Waals surface area contributed by atoms with Crippen molar-refractivity contribution in [3.05, 3.63) is 24.0 Å². The lowest BCUT2D eigenvalue weighted by Gasteiger charge is -1.99. The summed E-state index contributed by atoms with van der Waals surface area (Å²) in [5.41, 5.74) is 0.200. The second kappa shape index (κ2) is 5.22. The van der Waals surface area contributed by atoms with Gasteiger partial charge < -0.3 is 5.32 Å². The minimum Gasteiger partial charge on any atom is -0.302 e. The lowest BCUT2D eigenvalue weighted by atomic mass is 10.3. The van der Waals surface area contributed by atoms with E-state index in [4.69, 9.17) is 0 Å². The number of rotatable bonds is 4. The zero-order valence-corrected chi connectivity index (χ0v) is 11.6. The number of hydrogen-bond acceptors (Lipinski definition) is 5. The Morgan fingerprint density at radius 2 is 2.21 bits per heavy atom. The number of anilines is 1. The standard InChI is InChI=1S/C11H11FN2O3S2/c1-19(16,17)6-5-9(15)13-11-14-10-7(12)3-2-4-8(10)18-11/h2-4H,5-6H2,1H3,(H,13,14,15). The summed E-state index contributed by atoms with van der Waals surface area (Å²) in [4.78, 5) is 15.5. The highest BCUT2D eigenvalue weighted by Gasteiger charge is 2.12. The van der Waals surface area contributed by atoms with E-state index in [0.29, 0.717) is 4.70 Å². The fourth-order valence-corrected chi connectivity index (χ4v) is 2.88. The fraction of sp³-hybridized carbons (Fsp3) is 0.273. The maximum Gasteiger partial charge on any atom is 0.227 e. The first-order chi connectivity index (χ1) is 8.85.